The maximum absolute atomic E-state index is 8.44. The van der Waals surface area contributed by atoms with E-state index >= 15 is 0 Å². The summed E-state index contributed by atoms with van der Waals surface area (Å²) < 4.78 is 25.3. The standard InChI is InChI=1S/Cu.H2O3S.2H2O/c;1-4(2)3;;/h;(H2,1,2,3);2*1H2/q+2;;;/p-3. The summed E-state index contributed by atoms with van der Waals surface area (Å²) in [6, 6.07) is 0. The normalized spacial score (nSPS) is 5.00. The van der Waals surface area contributed by atoms with E-state index in [9.17, 15) is 0 Å². The molecule has 0 heterocycles. The predicted molar refractivity (Wildman–Crippen MR) is 15.2 cm³/mol. The molecule has 0 aromatic heterocycles. The first-order chi connectivity index (χ1) is 1.73. The summed E-state index contributed by atoms with van der Waals surface area (Å²) in [6.45, 7) is 0. The smallest absolute Gasteiger partial charge is 0.870 e. The Morgan fingerprint density at radius 2 is 1.29 bits per heavy atom. The number of rotatable bonds is 0. The van der Waals surface area contributed by atoms with Gasteiger partial charge in [0.25, 0.3) is 0 Å². The molecule has 0 amide bonds. The van der Waals surface area contributed by atoms with Gasteiger partial charge in [-0.25, -0.2) is 0 Å². The Bertz CT molecular complexity index is 31.1. The van der Waals surface area contributed by atoms with Crippen LogP contribution in [0, 0.1) is 0 Å². The van der Waals surface area contributed by atoms with Crippen molar-refractivity contribution in [3.63, 3.8) is 0 Å². The summed E-state index contributed by atoms with van der Waals surface area (Å²) >= 11 is -3.11. The van der Waals surface area contributed by atoms with Crippen LogP contribution in [0.1, 0.15) is 0 Å². The molecule has 0 aliphatic rings. The Morgan fingerprint density at radius 1 is 1.29 bits per heavy atom. The summed E-state index contributed by atoms with van der Waals surface area (Å²) in [6.07, 6.45) is 0. The molecular weight excluding hydrogens is 176 g/mol. The SMILES string of the molecule is O.O=S([O-])[O-].[Cu+2].[OH-]. The van der Waals surface area contributed by atoms with E-state index in [1.54, 1.807) is 0 Å². The molecule has 0 bridgehead atoms. The molecule has 5 nitrogen and oxygen atoms in total. The van der Waals surface area contributed by atoms with Gasteiger partial charge in [0, 0.05) is 0 Å². The van der Waals surface area contributed by atoms with Crippen molar-refractivity contribution < 1.29 is 41.3 Å². The van der Waals surface area contributed by atoms with Gasteiger partial charge in [-0.15, -0.1) is 11.4 Å². The van der Waals surface area contributed by atoms with Gasteiger partial charge in [-0.2, -0.15) is 0 Å². The van der Waals surface area contributed by atoms with Gasteiger partial charge in [0.1, 0.15) is 0 Å². The molecule has 0 saturated carbocycles. The second kappa shape index (κ2) is 16.0. The second-order valence-electron chi connectivity index (χ2n) is 0.204. The Kier molecular flexibility index (Phi) is 59.2. The van der Waals surface area contributed by atoms with Gasteiger partial charge in [0.2, 0.25) is 0 Å². The first kappa shape index (κ1) is 25.8. The summed E-state index contributed by atoms with van der Waals surface area (Å²) in [7, 11) is 0. The van der Waals surface area contributed by atoms with Crippen molar-refractivity contribution in [2.45, 2.75) is 0 Å². The molecule has 0 rings (SSSR count). The minimum Gasteiger partial charge on any atom is -0.870 e. The molecule has 0 unspecified atom stereocenters. The minimum absolute atomic E-state index is 0. The van der Waals surface area contributed by atoms with Crippen LogP contribution >= 0.6 is 0 Å². The molecule has 7 heavy (non-hydrogen) atoms. The first-order valence-corrected chi connectivity index (χ1v) is 1.50. The van der Waals surface area contributed by atoms with Crippen LogP contribution < -0.4 is 0 Å². The quantitative estimate of drug-likeness (QED) is 0.314. The monoisotopic (exact) mass is 178 g/mol. The van der Waals surface area contributed by atoms with E-state index < -0.39 is 11.4 Å². The van der Waals surface area contributed by atoms with Crippen LogP contribution in [-0.2, 0) is 28.4 Å². The van der Waals surface area contributed by atoms with E-state index in [2.05, 4.69) is 0 Å². The Balaban J connectivity index is -0.0000000150. The van der Waals surface area contributed by atoms with Crippen molar-refractivity contribution in [1.29, 1.82) is 0 Å². The molecule has 0 aromatic rings. The van der Waals surface area contributed by atoms with Gasteiger partial charge < -0.3 is 20.1 Å². The Morgan fingerprint density at radius 3 is 1.29 bits per heavy atom. The maximum atomic E-state index is 8.44. The molecule has 0 spiro atoms. The van der Waals surface area contributed by atoms with Crippen LogP contribution in [0.2, 0.25) is 0 Å². The van der Waals surface area contributed by atoms with Gasteiger partial charge in [-0.1, -0.05) is 0 Å². The third kappa shape index (κ3) is 510. The largest absolute Gasteiger partial charge is 2.00 e. The zero-order chi connectivity index (χ0) is 3.58. The third-order valence-electron chi connectivity index (χ3n) is 0. The van der Waals surface area contributed by atoms with Crippen LogP contribution in [0.5, 0.6) is 0 Å². The van der Waals surface area contributed by atoms with Crippen molar-refractivity contribution in [2.75, 3.05) is 0 Å². The fraction of sp³-hybridized carbons (Fsp3) is 0. The molecule has 3 N–H and O–H groups in total. The predicted octanol–water partition coefficient (Wildman–Crippen LogP) is -2.01. The molecule has 7 heteroatoms. The molecule has 0 aromatic carbocycles. The summed E-state index contributed by atoms with van der Waals surface area (Å²) in [5, 5.41) is 0. The number of hydrogen-bond acceptors (Lipinski definition) is 4. The minimum atomic E-state index is -3.11. The molecule has 1 radical (unpaired) electrons. The van der Waals surface area contributed by atoms with Crippen LogP contribution in [0.4, 0.5) is 0 Å². The fourth-order valence-corrected chi connectivity index (χ4v) is 0. The molecule has 51 valence electrons. The van der Waals surface area contributed by atoms with E-state index in [0.29, 0.717) is 0 Å². The van der Waals surface area contributed by atoms with E-state index in [-0.39, 0.29) is 28.0 Å². The molecular formula is H3CuO5S-. The zero-order valence-corrected chi connectivity index (χ0v) is 4.64. The van der Waals surface area contributed by atoms with E-state index in [4.69, 9.17) is 13.3 Å². The van der Waals surface area contributed by atoms with Crippen LogP contribution in [0.3, 0.4) is 0 Å². The zero-order valence-electron chi connectivity index (χ0n) is 2.88. The molecule has 0 saturated heterocycles. The van der Waals surface area contributed by atoms with Gasteiger partial charge in [0.05, 0.1) is 0 Å². The van der Waals surface area contributed by atoms with Crippen molar-refractivity contribution in [3.8, 4) is 0 Å². The second-order valence-corrected chi connectivity index (χ2v) is 0.612. The summed E-state index contributed by atoms with van der Waals surface area (Å²) in [5.74, 6) is 0. The third-order valence-corrected chi connectivity index (χ3v) is 0. The molecule has 0 aliphatic heterocycles. The Hall–Kier alpha value is 0.509. The summed E-state index contributed by atoms with van der Waals surface area (Å²) in [5.41, 5.74) is 0. The van der Waals surface area contributed by atoms with Crippen molar-refractivity contribution >= 4 is 11.4 Å². The van der Waals surface area contributed by atoms with Gasteiger partial charge in [-0.05, 0) is 0 Å². The van der Waals surface area contributed by atoms with Crippen LogP contribution in [0.15, 0.2) is 0 Å². The van der Waals surface area contributed by atoms with Crippen LogP contribution in [0.25, 0.3) is 0 Å². The van der Waals surface area contributed by atoms with Crippen molar-refractivity contribution in [2.24, 2.45) is 0 Å². The maximum Gasteiger partial charge on any atom is 2.00 e. The number of hydrogen-bond donors (Lipinski definition) is 0. The first-order valence-electron chi connectivity index (χ1n) is 0.500. The van der Waals surface area contributed by atoms with Gasteiger partial charge in [0.15, 0.2) is 0 Å². The van der Waals surface area contributed by atoms with E-state index in [1.807, 2.05) is 0 Å². The molecule has 0 aliphatic carbocycles. The topological polar surface area (TPSA) is 125 Å². The average molecular weight is 179 g/mol. The summed E-state index contributed by atoms with van der Waals surface area (Å²) in [4.78, 5) is 0. The van der Waals surface area contributed by atoms with E-state index in [0.717, 1.165) is 0 Å². The average Bonchev–Trinajstić information content (AvgIpc) is 0.811. The van der Waals surface area contributed by atoms with Gasteiger partial charge in [-0.3, -0.25) is 4.21 Å². The fourth-order valence-electron chi connectivity index (χ4n) is 0. The molecule has 0 atom stereocenters. The molecule has 0 fully saturated rings. The van der Waals surface area contributed by atoms with E-state index in [1.165, 1.54) is 0 Å². The van der Waals surface area contributed by atoms with Crippen LogP contribution in [-0.4, -0.2) is 24.3 Å². The van der Waals surface area contributed by atoms with Crippen molar-refractivity contribution in [3.05, 3.63) is 0 Å². The van der Waals surface area contributed by atoms with Gasteiger partial charge >= 0.3 is 17.1 Å². The Labute approximate surface area is 53.3 Å². The van der Waals surface area contributed by atoms with Crippen molar-refractivity contribution in [1.82, 2.24) is 0 Å².